The van der Waals surface area contributed by atoms with Gasteiger partial charge in [-0.25, -0.2) is 13.2 Å². The summed E-state index contributed by atoms with van der Waals surface area (Å²) >= 11 is 0. The van der Waals surface area contributed by atoms with Gasteiger partial charge in [-0.3, -0.25) is 9.78 Å². The van der Waals surface area contributed by atoms with E-state index in [1.165, 1.54) is 10.5 Å². The first-order valence-electron chi connectivity index (χ1n) is 15.3. The summed E-state index contributed by atoms with van der Waals surface area (Å²) in [6, 6.07) is 1.58. The summed E-state index contributed by atoms with van der Waals surface area (Å²) in [5.74, 6) is -0.898. The second-order valence-corrected chi connectivity index (χ2v) is 14.1. The molecule has 238 valence electrons. The number of amides is 1. The van der Waals surface area contributed by atoms with Gasteiger partial charge in [0.1, 0.15) is 17.1 Å². The molecule has 0 saturated carbocycles. The molecule has 2 saturated heterocycles. The van der Waals surface area contributed by atoms with Gasteiger partial charge in [0.25, 0.3) is 0 Å². The van der Waals surface area contributed by atoms with Gasteiger partial charge in [-0.15, -0.1) is 0 Å². The minimum absolute atomic E-state index is 0.0774. The van der Waals surface area contributed by atoms with E-state index in [-0.39, 0.29) is 29.2 Å². The van der Waals surface area contributed by atoms with Crippen molar-refractivity contribution in [3.63, 3.8) is 0 Å². The molecule has 43 heavy (non-hydrogen) atoms. The Kier molecular flexibility index (Phi) is 11.4. The first-order valence-corrected chi connectivity index (χ1v) is 16.7. The summed E-state index contributed by atoms with van der Waals surface area (Å²) in [5.41, 5.74) is 1.26. The molecule has 2 fully saturated rings. The highest BCUT2D eigenvalue weighted by Crippen LogP contribution is 2.27. The van der Waals surface area contributed by atoms with Crippen molar-refractivity contribution in [2.24, 2.45) is 11.8 Å². The molecule has 3 aliphatic heterocycles. The maximum atomic E-state index is 13.1. The molecular formula is C31H46N4O7S. The van der Waals surface area contributed by atoms with Gasteiger partial charge in [-0.2, -0.15) is 4.31 Å². The highest BCUT2D eigenvalue weighted by atomic mass is 32.2. The SMILES string of the molecule is C/C(=C\c1cncc(S(=O)(=O)N2CCCC2)c1)[C@H]1OC(=O)C[C@H](O)CC[C@H](C)[C@@H](OC(=O)N2CCN(C)CC2)/C=C\[C@@H]1C. The number of likely N-dealkylation sites (N-methyl/N-ethyl adjacent to an activating group) is 1. The monoisotopic (exact) mass is 618 g/mol. The molecular weight excluding hydrogens is 572 g/mol. The zero-order chi connectivity index (χ0) is 31.1. The van der Waals surface area contributed by atoms with Gasteiger partial charge < -0.3 is 24.4 Å². The Labute approximate surface area is 255 Å². The number of aromatic nitrogens is 1. The second kappa shape index (κ2) is 14.8. The van der Waals surface area contributed by atoms with Crippen molar-refractivity contribution in [2.45, 2.75) is 76.1 Å². The lowest BCUT2D eigenvalue weighted by Crippen LogP contribution is -2.48. The van der Waals surface area contributed by atoms with Crippen molar-refractivity contribution in [3.8, 4) is 0 Å². The molecule has 4 heterocycles. The summed E-state index contributed by atoms with van der Waals surface area (Å²) in [6.07, 6.45) is 8.47. The van der Waals surface area contributed by atoms with Crippen LogP contribution in [0.3, 0.4) is 0 Å². The fraction of sp³-hybridized carbons (Fsp3) is 0.645. The normalized spacial score (nSPS) is 29.8. The molecule has 11 nitrogen and oxygen atoms in total. The molecule has 5 atom stereocenters. The quantitative estimate of drug-likeness (QED) is 0.390. The summed E-state index contributed by atoms with van der Waals surface area (Å²) in [5, 5.41) is 10.6. The van der Waals surface area contributed by atoms with Crippen LogP contribution >= 0.6 is 0 Å². The van der Waals surface area contributed by atoms with Crippen molar-refractivity contribution in [1.82, 2.24) is 19.1 Å². The number of carbonyl (C=O) groups excluding carboxylic acids is 2. The van der Waals surface area contributed by atoms with Crippen LogP contribution in [0.25, 0.3) is 6.08 Å². The van der Waals surface area contributed by atoms with Crippen LogP contribution in [-0.2, 0) is 24.3 Å². The van der Waals surface area contributed by atoms with E-state index >= 15 is 0 Å². The van der Waals surface area contributed by atoms with Crippen molar-refractivity contribution >= 4 is 28.2 Å². The molecule has 0 bridgehead atoms. The number of ether oxygens (including phenoxy) is 2. The zero-order valence-corrected chi connectivity index (χ0v) is 26.5. The number of nitrogens with zero attached hydrogens (tertiary/aromatic N) is 4. The number of rotatable bonds is 5. The van der Waals surface area contributed by atoms with Crippen LogP contribution < -0.4 is 0 Å². The summed E-state index contributed by atoms with van der Waals surface area (Å²) in [7, 11) is -1.61. The number of hydrogen-bond donors (Lipinski definition) is 1. The van der Waals surface area contributed by atoms with Crippen LogP contribution in [0.5, 0.6) is 0 Å². The maximum Gasteiger partial charge on any atom is 0.410 e. The number of cyclic esters (lactones) is 1. The van der Waals surface area contributed by atoms with Gasteiger partial charge in [0.15, 0.2) is 0 Å². The minimum Gasteiger partial charge on any atom is -0.457 e. The molecule has 1 N–H and O–H groups in total. The Hall–Kier alpha value is -2.80. The summed E-state index contributed by atoms with van der Waals surface area (Å²) in [4.78, 5) is 34.0. The van der Waals surface area contributed by atoms with Gasteiger partial charge in [-0.1, -0.05) is 26.0 Å². The van der Waals surface area contributed by atoms with Crippen molar-refractivity contribution in [2.75, 3.05) is 46.3 Å². The second-order valence-electron chi connectivity index (χ2n) is 12.2. The van der Waals surface area contributed by atoms with E-state index < -0.39 is 34.3 Å². The van der Waals surface area contributed by atoms with Crippen molar-refractivity contribution in [1.29, 1.82) is 0 Å². The predicted octanol–water partition coefficient (Wildman–Crippen LogP) is 3.31. The van der Waals surface area contributed by atoms with E-state index in [9.17, 15) is 23.1 Å². The lowest BCUT2D eigenvalue weighted by Gasteiger charge is -2.33. The fourth-order valence-corrected chi connectivity index (χ4v) is 7.22. The zero-order valence-electron chi connectivity index (χ0n) is 25.7. The topological polar surface area (TPSA) is 130 Å². The number of pyridine rings is 1. The van der Waals surface area contributed by atoms with Crippen molar-refractivity contribution < 1.29 is 32.6 Å². The molecule has 12 heteroatoms. The molecule has 4 rings (SSSR count). The highest BCUT2D eigenvalue weighted by molar-refractivity contribution is 7.89. The Bertz CT molecular complexity index is 1290. The lowest BCUT2D eigenvalue weighted by molar-refractivity contribution is -0.151. The molecule has 0 aliphatic carbocycles. The Balaban J connectivity index is 1.56. The average molecular weight is 619 g/mol. The van der Waals surface area contributed by atoms with E-state index in [0.29, 0.717) is 50.2 Å². The minimum atomic E-state index is -3.64. The van der Waals surface area contributed by atoms with E-state index in [1.807, 2.05) is 40.0 Å². The standard InChI is InChI=1S/C31H46N4O7S/c1-22-7-9-26(36)19-29(37)42-30(23(2)8-10-28(22)41-31(38)34-15-13-33(4)14-16-34)24(3)17-25-18-27(21-32-20-25)43(39,40)35-11-5-6-12-35/h8,10,17-18,20-23,26,28,30,36H,5-7,9,11-16,19H2,1-4H3/b10-8-,24-17+/t22-,23-,26+,28-,30-/m0/s1. The maximum absolute atomic E-state index is 13.1. The van der Waals surface area contributed by atoms with Gasteiger partial charge in [0, 0.05) is 57.6 Å². The molecule has 1 aromatic rings. The summed E-state index contributed by atoms with van der Waals surface area (Å²) < 4.78 is 39.5. The van der Waals surface area contributed by atoms with Crippen LogP contribution in [-0.4, -0.2) is 109 Å². The van der Waals surface area contributed by atoms with Gasteiger partial charge >= 0.3 is 12.1 Å². The Morgan fingerprint density at radius 2 is 1.77 bits per heavy atom. The van der Waals surface area contributed by atoms with E-state index in [4.69, 9.17) is 9.47 Å². The molecule has 1 aromatic heterocycles. The number of aliphatic hydroxyl groups excluding tert-OH is 1. The smallest absolute Gasteiger partial charge is 0.410 e. The van der Waals surface area contributed by atoms with Crippen LogP contribution in [0, 0.1) is 11.8 Å². The highest BCUT2D eigenvalue weighted by Gasteiger charge is 2.30. The molecule has 0 aromatic carbocycles. The van der Waals surface area contributed by atoms with Crippen LogP contribution in [0.4, 0.5) is 4.79 Å². The third kappa shape index (κ3) is 8.87. The van der Waals surface area contributed by atoms with Gasteiger partial charge in [0.2, 0.25) is 10.0 Å². The van der Waals surface area contributed by atoms with Crippen LogP contribution in [0.15, 0.2) is 41.1 Å². The van der Waals surface area contributed by atoms with Crippen LogP contribution in [0.2, 0.25) is 0 Å². The van der Waals surface area contributed by atoms with Crippen molar-refractivity contribution in [3.05, 3.63) is 41.7 Å². The number of piperazine rings is 1. The largest absolute Gasteiger partial charge is 0.457 e. The Morgan fingerprint density at radius 1 is 1.07 bits per heavy atom. The van der Waals surface area contributed by atoms with E-state index in [0.717, 1.165) is 25.9 Å². The number of carbonyl (C=O) groups is 2. The van der Waals surface area contributed by atoms with E-state index in [1.54, 1.807) is 23.2 Å². The van der Waals surface area contributed by atoms with Gasteiger partial charge in [0.05, 0.1) is 12.5 Å². The molecule has 3 aliphatic rings. The summed E-state index contributed by atoms with van der Waals surface area (Å²) in [6.45, 7) is 9.49. The average Bonchev–Trinajstić information content (AvgIpc) is 3.53. The lowest BCUT2D eigenvalue weighted by atomic mass is 9.91. The van der Waals surface area contributed by atoms with Crippen LogP contribution in [0.1, 0.15) is 58.4 Å². The van der Waals surface area contributed by atoms with E-state index in [2.05, 4.69) is 9.88 Å². The first kappa shape index (κ1) is 33.1. The number of hydrogen-bond acceptors (Lipinski definition) is 9. The number of aliphatic hydroxyl groups is 1. The third-order valence-corrected chi connectivity index (χ3v) is 10.4. The number of sulfonamides is 1. The molecule has 0 spiro atoms. The first-order chi connectivity index (χ1) is 20.4. The molecule has 0 unspecified atom stereocenters. The van der Waals surface area contributed by atoms with Gasteiger partial charge in [-0.05, 0) is 68.9 Å². The Morgan fingerprint density at radius 3 is 2.47 bits per heavy atom. The third-order valence-electron chi connectivity index (χ3n) is 8.54. The predicted molar refractivity (Wildman–Crippen MR) is 162 cm³/mol. The fourth-order valence-electron chi connectivity index (χ4n) is 5.71. The number of esters is 1. The molecule has 0 radical (unpaired) electrons. The molecule has 1 amide bonds.